The molecule has 2 saturated heterocycles. The highest BCUT2D eigenvalue weighted by atomic mass is 19.1. The number of nitrogens with one attached hydrogen (secondary N) is 2. The van der Waals surface area contributed by atoms with Gasteiger partial charge in [-0.2, -0.15) is 0 Å². The smallest absolute Gasteiger partial charge is 0.246 e. The number of ether oxygens (including phenoxy) is 3. The first-order valence-corrected chi connectivity index (χ1v) is 14.1. The van der Waals surface area contributed by atoms with Crippen LogP contribution in [0.15, 0.2) is 78.9 Å². The predicted molar refractivity (Wildman–Crippen MR) is 156 cm³/mol. The number of likely N-dealkylation sites (tertiary alicyclic amines) is 1. The first kappa shape index (κ1) is 29.3. The Morgan fingerprint density at radius 1 is 0.955 bits per heavy atom. The van der Waals surface area contributed by atoms with Crippen molar-refractivity contribution in [2.75, 3.05) is 19.5 Å². The largest absolute Gasteiger partial charge is 0.497 e. The average molecular weight is 604 g/mol. The molecule has 44 heavy (non-hydrogen) atoms. The molecular weight excluding hydrogens is 572 g/mol. The molecule has 3 aliphatic heterocycles. The van der Waals surface area contributed by atoms with Crippen molar-refractivity contribution in [2.45, 2.75) is 37.3 Å². The van der Waals surface area contributed by atoms with Crippen molar-refractivity contribution in [1.82, 2.24) is 10.2 Å². The van der Waals surface area contributed by atoms with Gasteiger partial charge < -0.3 is 29.7 Å². The number of rotatable bonds is 9. The van der Waals surface area contributed by atoms with Crippen LogP contribution in [0.2, 0.25) is 0 Å². The van der Waals surface area contributed by atoms with E-state index >= 15 is 0 Å². The zero-order valence-corrected chi connectivity index (χ0v) is 24.3. The number of carbonyl (C=O) groups excluding carboxylic acids is 3. The van der Waals surface area contributed by atoms with E-state index in [1.807, 2.05) is 30.3 Å². The van der Waals surface area contributed by atoms with Crippen LogP contribution in [0.3, 0.4) is 0 Å². The predicted octanol–water partition coefficient (Wildman–Crippen LogP) is 3.98. The van der Waals surface area contributed by atoms with Crippen molar-refractivity contribution in [1.29, 1.82) is 0 Å². The van der Waals surface area contributed by atoms with Crippen LogP contribution in [0, 0.1) is 23.5 Å². The van der Waals surface area contributed by atoms with Gasteiger partial charge >= 0.3 is 0 Å². The molecular formula is C33H31F2N3O6. The highest BCUT2D eigenvalue weighted by molar-refractivity contribution is 6.03. The second-order valence-electron chi connectivity index (χ2n) is 11.3. The molecule has 228 valence electrons. The highest BCUT2D eigenvalue weighted by Crippen LogP contribution is 2.60. The summed E-state index contributed by atoms with van der Waals surface area (Å²) >= 11 is 0. The van der Waals surface area contributed by atoms with Crippen molar-refractivity contribution in [2.24, 2.45) is 11.8 Å². The van der Waals surface area contributed by atoms with E-state index in [1.165, 1.54) is 25.2 Å². The van der Waals surface area contributed by atoms with Crippen LogP contribution in [0.25, 0.3) is 0 Å². The lowest BCUT2D eigenvalue weighted by Gasteiger charge is -2.33. The number of halogens is 2. The van der Waals surface area contributed by atoms with Gasteiger partial charge in [-0.1, -0.05) is 48.6 Å². The van der Waals surface area contributed by atoms with Gasteiger partial charge in [-0.15, -0.1) is 0 Å². The molecule has 9 nitrogen and oxygen atoms in total. The molecule has 3 aromatic rings. The number of hydrogen-bond acceptors (Lipinski definition) is 6. The third-order valence-corrected chi connectivity index (χ3v) is 8.68. The van der Waals surface area contributed by atoms with Gasteiger partial charge in [0, 0.05) is 12.1 Å². The van der Waals surface area contributed by atoms with Crippen molar-refractivity contribution in [3.8, 4) is 11.5 Å². The second-order valence-corrected chi connectivity index (χ2v) is 11.3. The zero-order valence-electron chi connectivity index (χ0n) is 24.3. The molecule has 0 aromatic heterocycles. The van der Waals surface area contributed by atoms with Crippen LogP contribution >= 0.6 is 0 Å². The van der Waals surface area contributed by atoms with E-state index in [2.05, 4.69) is 10.6 Å². The number of anilines is 1. The Bertz CT molecular complexity index is 1650. The number of fused-ring (bicyclic) bond motifs is 1. The summed E-state index contributed by atoms with van der Waals surface area (Å²) in [6, 6.07) is 16.5. The van der Waals surface area contributed by atoms with Gasteiger partial charge in [0.05, 0.1) is 38.2 Å². The molecule has 11 heteroatoms. The quantitative estimate of drug-likeness (QED) is 0.359. The van der Waals surface area contributed by atoms with E-state index in [0.717, 1.165) is 17.7 Å². The fourth-order valence-corrected chi connectivity index (χ4v) is 6.69. The van der Waals surface area contributed by atoms with Crippen LogP contribution < -0.4 is 20.1 Å². The first-order valence-electron chi connectivity index (χ1n) is 14.1. The maximum atomic E-state index is 14.5. The van der Waals surface area contributed by atoms with E-state index in [1.54, 1.807) is 37.3 Å². The van der Waals surface area contributed by atoms with Gasteiger partial charge in [-0.05, 0) is 42.8 Å². The molecule has 3 amide bonds. The minimum absolute atomic E-state index is 0.0644. The maximum absolute atomic E-state index is 14.5. The molecule has 6 rings (SSSR count). The summed E-state index contributed by atoms with van der Waals surface area (Å²) in [5, 5.41) is 5.27. The van der Waals surface area contributed by atoms with Crippen LogP contribution in [-0.2, 0) is 32.2 Å². The number of amides is 3. The third kappa shape index (κ3) is 4.68. The monoisotopic (exact) mass is 603 g/mol. The molecule has 0 saturated carbocycles. The summed E-state index contributed by atoms with van der Waals surface area (Å²) in [5.41, 5.74) is -2.04. The molecule has 0 unspecified atom stereocenters. The molecule has 2 bridgehead atoms. The van der Waals surface area contributed by atoms with Crippen molar-refractivity contribution in [3.05, 3.63) is 102 Å². The summed E-state index contributed by atoms with van der Waals surface area (Å²) < 4.78 is 46.4. The summed E-state index contributed by atoms with van der Waals surface area (Å²) in [7, 11) is 3.00. The number of hydrogen-bond donors (Lipinski definition) is 2. The van der Waals surface area contributed by atoms with E-state index in [4.69, 9.17) is 14.2 Å². The minimum Gasteiger partial charge on any atom is -0.497 e. The highest BCUT2D eigenvalue weighted by Gasteiger charge is 2.76. The Hall–Kier alpha value is -4.77. The Morgan fingerprint density at radius 2 is 1.68 bits per heavy atom. The molecule has 2 N–H and O–H groups in total. The number of para-hydroxylation sites is 1. The van der Waals surface area contributed by atoms with Gasteiger partial charge in [0.25, 0.3) is 0 Å². The van der Waals surface area contributed by atoms with Gasteiger partial charge in [-0.25, -0.2) is 8.78 Å². The molecule has 5 atom stereocenters. The lowest BCUT2D eigenvalue weighted by molar-refractivity contribution is -0.144. The van der Waals surface area contributed by atoms with Crippen LogP contribution in [0.5, 0.6) is 11.5 Å². The normalized spacial score (nSPS) is 26.4. The molecule has 2 fully saturated rings. The van der Waals surface area contributed by atoms with Crippen LogP contribution in [0.1, 0.15) is 18.1 Å². The third-order valence-electron chi connectivity index (χ3n) is 8.68. The molecule has 3 aliphatic rings. The molecule has 1 spiro atoms. The Kier molecular flexibility index (Phi) is 7.36. The van der Waals surface area contributed by atoms with E-state index < -0.39 is 64.1 Å². The van der Waals surface area contributed by atoms with Crippen molar-refractivity contribution < 1.29 is 37.4 Å². The number of carbonyl (C=O) groups is 3. The van der Waals surface area contributed by atoms with E-state index in [-0.39, 0.29) is 13.1 Å². The van der Waals surface area contributed by atoms with Gasteiger partial charge in [0.1, 0.15) is 40.5 Å². The summed E-state index contributed by atoms with van der Waals surface area (Å²) in [6.07, 6.45) is 3.31. The standard InChI is InChI=1S/C33H31F2N3O6/c1-32-14-15-33(44-32)26(25(32)29(39)37-27-22(34)10-7-11-23(27)35)31(41)38(18-20-16-21(42-2)12-13-24(20)43-3)28(33)30(40)36-17-19-8-5-4-6-9-19/h4-16,25-26,28H,17-18H2,1-3H3,(H,36,40)(H,37,39)/t25-,26+,28-,32+,33+/m1/s1. The minimum atomic E-state index is -1.52. The molecule has 0 aliphatic carbocycles. The van der Waals surface area contributed by atoms with E-state index in [0.29, 0.717) is 17.1 Å². The fourth-order valence-electron chi connectivity index (χ4n) is 6.69. The average Bonchev–Trinajstić information content (AvgIpc) is 3.58. The molecule has 3 heterocycles. The lowest BCUT2D eigenvalue weighted by atomic mass is 9.70. The van der Waals surface area contributed by atoms with Gasteiger partial charge in [0.15, 0.2) is 0 Å². The van der Waals surface area contributed by atoms with Gasteiger partial charge in [-0.3, -0.25) is 14.4 Å². The van der Waals surface area contributed by atoms with Crippen LogP contribution in [-0.4, -0.2) is 54.1 Å². The zero-order chi connectivity index (χ0) is 31.2. The summed E-state index contributed by atoms with van der Waals surface area (Å²) in [5.74, 6) is -5.08. The number of methoxy groups -OCH3 is 2. The first-order chi connectivity index (χ1) is 21.1. The Balaban J connectivity index is 1.39. The molecule has 3 aromatic carbocycles. The fraction of sp³-hybridized carbons (Fsp3) is 0.303. The summed E-state index contributed by atoms with van der Waals surface area (Å²) in [4.78, 5) is 43.6. The second kappa shape index (κ2) is 11.1. The van der Waals surface area contributed by atoms with Crippen molar-refractivity contribution in [3.63, 3.8) is 0 Å². The number of nitrogens with zero attached hydrogens (tertiary/aromatic N) is 1. The SMILES string of the molecule is COc1ccc(OC)c(CN2C(=O)[C@@H]3[C@H](C(=O)Nc4c(F)cccc4F)[C@]4(C)C=C[C@@]3(O4)[C@H]2C(=O)NCc2ccccc2)c1. The van der Waals surface area contributed by atoms with E-state index in [9.17, 15) is 23.2 Å². The maximum Gasteiger partial charge on any atom is 0.246 e. The summed E-state index contributed by atoms with van der Waals surface area (Å²) in [6.45, 7) is 1.75. The topological polar surface area (TPSA) is 106 Å². The van der Waals surface area contributed by atoms with Crippen molar-refractivity contribution >= 4 is 23.4 Å². The van der Waals surface area contributed by atoms with Crippen LogP contribution in [0.4, 0.5) is 14.5 Å². The number of benzene rings is 3. The van der Waals surface area contributed by atoms with Gasteiger partial charge in [0.2, 0.25) is 17.7 Å². The Labute approximate surface area is 252 Å². The Morgan fingerprint density at radius 3 is 2.36 bits per heavy atom. The molecule has 0 radical (unpaired) electrons. The lowest BCUT2D eigenvalue weighted by Crippen LogP contribution is -2.54.